The Balaban J connectivity index is -0.0000000886. The molecule has 5 heteroatoms. The molecule has 75 valence electrons. The Labute approximate surface area is 94.6 Å². The molecule has 0 unspecified atom stereocenters. The van der Waals surface area contributed by atoms with Gasteiger partial charge in [0.15, 0.2) is 0 Å². The van der Waals surface area contributed by atoms with Crippen molar-refractivity contribution in [3.05, 3.63) is 0 Å². The quantitative estimate of drug-likeness (QED) is 0.566. The number of halogens is 2. The normalized spacial score (nSPS) is 8.55. The van der Waals surface area contributed by atoms with Crippen LogP contribution < -0.4 is 0 Å². The fourth-order valence-corrected chi connectivity index (χ4v) is 0. The molecular formula is C6H20Br2CoP2+2. The first kappa shape index (κ1) is 19.0. The molecule has 0 heterocycles. The molecule has 0 radical (unpaired) electrons. The van der Waals surface area contributed by atoms with E-state index in [1.165, 1.54) is 0 Å². The van der Waals surface area contributed by atoms with Gasteiger partial charge >= 0.3 is 39.5 Å². The average Bonchev–Trinajstić information content (AvgIpc) is 1.60. The molecule has 0 nitrogen and oxygen atoms in total. The molecule has 0 aromatic carbocycles. The van der Waals surface area contributed by atoms with Gasteiger partial charge in [0.2, 0.25) is 0 Å². The van der Waals surface area contributed by atoms with Gasteiger partial charge in [0.05, 0.1) is 0 Å². The van der Waals surface area contributed by atoms with E-state index in [0.717, 1.165) is 11.1 Å². The van der Waals surface area contributed by atoms with E-state index in [4.69, 9.17) is 0 Å². The van der Waals surface area contributed by atoms with Gasteiger partial charge in [0.1, 0.15) is 0 Å². The van der Waals surface area contributed by atoms with Crippen molar-refractivity contribution in [3.8, 4) is 0 Å². The van der Waals surface area contributed by atoms with Crippen LogP contribution in [-0.4, -0.2) is 40.0 Å². The molecule has 0 fully saturated rings. The molecule has 0 bridgehead atoms. The zero-order valence-corrected chi connectivity index (χ0v) is 14.3. The van der Waals surface area contributed by atoms with Gasteiger partial charge in [-0.15, -0.1) is 0 Å². The zero-order valence-electron chi connectivity index (χ0n) is 8.09. The molecule has 0 aromatic heterocycles. The molecule has 0 N–H and O–H groups in total. The van der Waals surface area contributed by atoms with Crippen LogP contribution in [0.15, 0.2) is 0 Å². The maximum atomic E-state index is 3.03. The second kappa shape index (κ2) is 18.2. The topological polar surface area (TPSA) is 0 Å². The van der Waals surface area contributed by atoms with E-state index in [1.807, 2.05) is 0 Å². The molecule has 0 atom stereocenters. The van der Waals surface area contributed by atoms with Gasteiger partial charge in [-0.3, -0.25) is 0 Å². The first-order valence-electron chi connectivity index (χ1n) is 3.25. The Morgan fingerprint density at radius 2 is 0.727 bits per heavy atom. The van der Waals surface area contributed by atoms with Crippen LogP contribution in [0, 0.1) is 0 Å². The molecule has 0 saturated carbocycles. The maximum absolute atomic E-state index is 3.03. The summed E-state index contributed by atoms with van der Waals surface area (Å²) in [4.78, 5) is 0. The van der Waals surface area contributed by atoms with Crippen molar-refractivity contribution in [1.82, 2.24) is 0 Å². The predicted octanol–water partition coefficient (Wildman–Crippen LogP) is 3.87. The Bertz CT molecular complexity index is 42.3. The summed E-state index contributed by atoms with van der Waals surface area (Å²) in [6.45, 7) is 13.6. The van der Waals surface area contributed by atoms with E-state index < -0.39 is 0 Å². The van der Waals surface area contributed by atoms with Gasteiger partial charge in [0, 0.05) is 40.0 Å². The summed E-state index contributed by atoms with van der Waals surface area (Å²) >= 11 is 7.12. The fourth-order valence-electron chi connectivity index (χ4n) is 0. The number of rotatable bonds is 0. The third-order valence-corrected chi connectivity index (χ3v) is 0. The Kier molecular flexibility index (Phi) is 31.4. The van der Waals surface area contributed by atoms with Crippen molar-refractivity contribution in [3.63, 3.8) is 0 Å². The van der Waals surface area contributed by atoms with E-state index in [1.54, 1.807) is 0 Å². The molecule has 0 amide bonds. The second-order valence-corrected chi connectivity index (χ2v) is 14.3. The summed E-state index contributed by atoms with van der Waals surface area (Å²) in [6, 6.07) is 0. The summed E-state index contributed by atoms with van der Waals surface area (Å²) in [7, 11) is 0.241. The van der Waals surface area contributed by atoms with Crippen LogP contribution in [0.2, 0.25) is 0 Å². The SMILES string of the molecule is C[PH+](C)C.C[PH+](C)C.[Br][Co][Br]. The predicted molar refractivity (Wildman–Crippen MR) is 70.0 cm³/mol. The molecule has 0 rings (SSSR count). The average molecular weight is 373 g/mol. The zero-order chi connectivity index (χ0) is 9.86. The van der Waals surface area contributed by atoms with Crippen molar-refractivity contribution < 1.29 is 11.1 Å². The molecule has 0 aliphatic heterocycles. The molecule has 0 aliphatic rings. The van der Waals surface area contributed by atoms with Gasteiger partial charge in [-0.05, 0) is 15.8 Å². The summed E-state index contributed by atoms with van der Waals surface area (Å²) < 4.78 is 0. The Morgan fingerprint density at radius 3 is 0.727 bits per heavy atom. The van der Waals surface area contributed by atoms with Crippen molar-refractivity contribution in [2.45, 2.75) is 0 Å². The number of hydrogen-bond acceptors (Lipinski definition) is 0. The molecule has 0 aromatic rings. The monoisotopic (exact) mass is 371 g/mol. The van der Waals surface area contributed by atoms with Gasteiger partial charge < -0.3 is 0 Å². The van der Waals surface area contributed by atoms with Crippen LogP contribution in [0.3, 0.4) is 0 Å². The third-order valence-electron chi connectivity index (χ3n) is 0. The minimum atomic E-state index is 0.120. The van der Waals surface area contributed by atoms with E-state index >= 15 is 0 Å². The van der Waals surface area contributed by atoms with Crippen molar-refractivity contribution in [2.75, 3.05) is 40.0 Å². The van der Waals surface area contributed by atoms with Crippen LogP contribution in [0.4, 0.5) is 0 Å². The van der Waals surface area contributed by atoms with Crippen molar-refractivity contribution >= 4 is 44.2 Å². The van der Waals surface area contributed by atoms with Gasteiger partial charge in [-0.2, -0.15) is 0 Å². The van der Waals surface area contributed by atoms with Crippen molar-refractivity contribution in [1.29, 1.82) is 0 Å². The standard InChI is InChI=1S/2C3H9P.2BrH.Co/c2*1-4(2)3;;;/h2*1-3H3;2*1H;/q;;;;+2. The second-order valence-electron chi connectivity index (χ2n) is 3.05. The summed E-state index contributed by atoms with van der Waals surface area (Å²) in [5.41, 5.74) is 0. The molecule has 0 spiro atoms. The molecule has 0 saturated heterocycles. The van der Waals surface area contributed by atoms with Gasteiger partial charge in [-0.25, -0.2) is 0 Å². The van der Waals surface area contributed by atoms with Crippen LogP contribution in [-0.2, 0) is 11.1 Å². The van der Waals surface area contributed by atoms with Gasteiger partial charge in [0.25, 0.3) is 0 Å². The summed E-state index contributed by atoms with van der Waals surface area (Å²) in [5.74, 6) is 0. The molecule has 0 aliphatic carbocycles. The van der Waals surface area contributed by atoms with E-state index in [2.05, 4.69) is 68.3 Å². The Morgan fingerprint density at radius 1 is 0.727 bits per heavy atom. The molecular weight excluding hydrogens is 353 g/mol. The third kappa shape index (κ3) is 243. The first-order valence-corrected chi connectivity index (χ1v) is 14.4. The van der Waals surface area contributed by atoms with Crippen molar-refractivity contribution in [2.24, 2.45) is 0 Å². The molecule has 11 heavy (non-hydrogen) atoms. The summed E-state index contributed by atoms with van der Waals surface area (Å²) in [5, 5.41) is 0. The van der Waals surface area contributed by atoms with Crippen LogP contribution in [0.1, 0.15) is 0 Å². The van der Waals surface area contributed by atoms with Gasteiger partial charge in [-0.1, -0.05) is 0 Å². The van der Waals surface area contributed by atoms with E-state index in [0.29, 0.717) is 0 Å². The van der Waals surface area contributed by atoms with Crippen LogP contribution >= 0.6 is 44.2 Å². The summed E-state index contributed by atoms with van der Waals surface area (Å²) in [6.07, 6.45) is 0. The Hall–Kier alpha value is 2.33. The number of hydrogen-bond donors (Lipinski definition) is 0. The van der Waals surface area contributed by atoms with Crippen LogP contribution in [0.25, 0.3) is 0 Å². The van der Waals surface area contributed by atoms with Crippen LogP contribution in [0.5, 0.6) is 0 Å². The van der Waals surface area contributed by atoms with E-state index in [-0.39, 0.29) is 15.8 Å². The fraction of sp³-hybridized carbons (Fsp3) is 1.00. The first-order chi connectivity index (χ1) is 4.88. The minimum absolute atomic E-state index is 0.120. The van der Waals surface area contributed by atoms with E-state index in [9.17, 15) is 0 Å².